The molecular formula is C18H24NO6P. The van der Waals surface area contributed by atoms with Crippen LogP contribution in [0.4, 0.5) is 0 Å². The van der Waals surface area contributed by atoms with Crippen LogP contribution in [-0.4, -0.2) is 44.2 Å². The molecule has 142 valence electrons. The normalized spacial score (nSPS) is 19.4. The molecule has 7 nitrogen and oxygen atoms in total. The minimum atomic E-state index is -0.924. The molecule has 2 saturated heterocycles. The van der Waals surface area contributed by atoms with E-state index in [1.165, 1.54) is 0 Å². The van der Waals surface area contributed by atoms with Crippen LogP contribution in [0.2, 0.25) is 0 Å². The molecule has 0 amide bonds. The van der Waals surface area contributed by atoms with Gasteiger partial charge in [0, 0.05) is 13.1 Å². The molecule has 2 aromatic heterocycles. The Morgan fingerprint density at radius 2 is 1.19 bits per heavy atom. The highest BCUT2D eigenvalue weighted by molar-refractivity contribution is 7.70. The molecular weight excluding hydrogens is 357 g/mol. The van der Waals surface area contributed by atoms with Gasteiger partial charge in [-0.2, -0.15) is 0 Å². The fourth-order valence-corrected chi connectivity index (χ4v) is 5.26. The van der Waals surface area contributed by atoms with Gasteiger partial charge >= 0.3 is 0 Å². The summed E-state index contributed by atoms with van der Waals surface area (Å²) in [4.78, 5) is 0. The lowest BCUT2D eigenvalue weighted by Gasteiger charge is -2.26. The number of ether oxygens (including phenoxy) is 4. The predicted octanol–water partition coefficient (Wildman–Crippen LogP) is 2.65. The van der Waals surface area contributed by atoms with E-state index in [-0.39, 0.29) is 0 Å². The van der Waals surface area contributed by atoms with Gasteiger partial charge in [0.15, 0.2) is 11.5 Å². The Labute approximate surface area is 153 Å². The lowest BCUT2D eigenvalue weighted by molar-refractivity contribution is -0.0582. The molecule has 0 bridgehead atoms. The second kappa shape index (κ2) is 8.21. The molecule has 0 aromatic carbocycles. The zero-order valence-corrected chi connectivity index (χ0v) is 15.9. The van der Waals surface area contributed by atoms with Gasteiger partial charge in [-0.1, -0.05) is 13.8 Å². The lowest BCUT2D eigenvalue weighted by atomic mass is 10.4. The Bertz CT molecular complexity index is 646. The van der Waals surface area contributed by atoms with Crippen molar-refractivity contribution in [1.29, 1.82) is 0 Å². The number of nitrogens with zero attached hydrogens (tertiary/aromatic N) is 1. The molecule has 0 radical (unpaired) electrons. The molecule has 0 N–H and O–H groups in total. The maximum absolute atomic E-state index is 6.12. The summed E-state index contributed by atoms with van der Waals surface area (Å²) >= 11 is 0. The van der Waals surface area contributed by atoms with Gasteiger partial charge < -0.3 is 27.8 Å². The Morgan fingerprint density at radius 1 is 0.769 bits per heavy atom. The van der Waals surface area contributed by atoms with Gasteiger partial charge in [-0.25, -0.2) is 0 Å². The molecule has 2 aliphatic heterocycles. The highest BCUT2D eigenvalue weighted by Crippen LogP contribution is 2.41. The molecule has 2 aliphatic rings. The highest BCUT2D eigenvalue weighted by atomic mass is 31.1. The van der Waals surface area contributed by atoms with E-state index in [0.717, 1.165) is 24.1 Å². The summed E-state index contributed by atoms with van der Waals surface area (Å²) < 4.78 is 36.8. The lowest BCUT2D eigenvalue weighted by Crippen LogP contribution is -2.27. The molecule has 26 heavy (non-hydrogen) atoms. The predicted molar refractivity (Wildman–Crippen MR) is 95.8 cm³/mol. The van der Waals surface area contributed by atoms with Crippen LogP contribution in [0.5, 0.6) is 0 Å². The molecule has 0 spiro atoms. The van der Waals surface area contributed by atoms with Crippen LogP contribution in [0.3, 0.4) is 0 Å². The second-order valence-electron chi connectivity index (χ2n) is 5.95. The summed E-state index contributed by atoms with van der Waals surface area (Å²) in [5, 5.41) is 0. The second-order valence-corrected chi connectivity index (χ2v) is 8.02. The van der Waals surface area contributed by atoms with E-state index in [1.54, 1.807) is 0 Å². The highest BCUT2D eigenvalue weighted by Gasteiger charge is 2.31. The van der Waals surface area contributed by atoms with Crippen LogP contribution in [0, 0.1) is 0 Å². The van der Waals surface area contributed by atoms with Crippen molar-refractivity contribution < 1.29 is 27.8 Å². The molecule has 4 rings (SSSR count). The van der Waals surface area contributed by atoms with Crippen LogP contribution in [-0.2, 0) is 18.9 Å². The number of hydrogen-bond donors (Lipinski definition) is 0. The molecule has 2 fully saturated rings. The van der Waals surface area contributed by atoms with Crippen molar-refractivity contribution in [2.24, 2.45) is 0 Å². The number of rotatable bonds is 7. The molecule has 0 unspecified atom stereocenters. The van der Waals surface area contributed by atoms with Gasteiger partial charge in [0.2, 0.25) is 12.6 Å². The fourth-order valence-electron chi connectivity index (χ4n) is 3.10. The summed E-state index contributed by atoms with van der Waals surface area (Å²) in [6.45, 7) is 8.42. The van der Waals surface area contributed by atoms with Gasteiger partial charge in [-0.15, -0.1) is 0 Å². The third kappa shape index (κ3) is 3.60. The quantitative estimate of drug-likeness (QED) is 0.683. The zero-order valence-electron chi connectivity index (χ0n) is 15.1. The van der Waals surface area contributed by atoms with E-state index in [4.69, 9.17) is 27.8 Å². The maximum Gasteiger partial charge on any atom is 0.217 e. The summed E-state index contributed by atoms with van der Waals surface area (Å²) in [5.41, 5.74) is 1.74. The van der Waals surface area contributed by atoms with Crippen LogP contribution >= 0.6 is 8.07 Å². The van der Waals surface area contributed by atoms with Gasteiger partial charge in [0.05, 0.1) is 26.4 Å². The van der Waals surface area contributed by atoms with Crippen molar-refractivity contribution in [2.45, 2.75) is 26.4 Å². The largest absolute Gasteiger partial charge is 0.454 e. The molecule has 2 aromatic rings. The molecule has 0 aliphatic carbocycles. The Balaban J connectivity index is 1.62. The summed E-state index contributed by atoms with van der Waals surface area (Å²) in [5.74, 6) is 1.40. The topological polar surface area (TPSA) is 66.4 Å². The van der Waals surface area contributed by atoms with Crippen LogP contribution in [0.15, 0.2) is 33.1 Å². The van der Waals surface area contributed by atoms with Crippen molar-refractivity contribution in [1.82, 2.24) is 4.67 Å². The first-order valence-electron chi connectivity index (χ1n) is 9.01. The van der Waals surface area contributed by atoms with Gasteiger partial charge in [0.1, 0.15) is 19.1 Å². The minimum absolute atomic E-state index is 0.412. The smallest absolute Gasteiger partial charge is 0.217 e. The van der Waals surface area contributed by atoms with Crippen molar-refractivity contribution in [3.8, 4) is 0 Å². The molecule has 4 heterocycles. The summed E-state index contributed by atoms with van der Waals surface area (Å²) in [6, 6.07) is 7.85. The van der Waals surface area contributed by atoms with Crippen molar-refractivity contribution in [3.05, 3.63) is 35.8 Å². The SMILES string of the molecule is CCN(CC)P(c1ccc(C2OCCO2)o1)c1ccc(C2OCCO2)o1. The van der Waals surface area contributed by atoms with E-state index in [2.05, 4.69) is 18.5 Å². The molecule has 0 saturated carbocycles. The summed E-state index contributed by atoms with van der Waals surface area (Å²) in [6.07, 6.45) is -0.825. The van der Waals surface area contributed by atoms with Crippen molar-refractivity contribution >= 4 is 19.1 Å². The van der Waals surface area contributed by atoms with Crippen LogP contribution in [0.25, 0.3) is 0 Å². The monoisotopic (exact) mass is 381 g/mol. The minimum Gasteiger partial charge on any atom is -0.454 e. The standard InChI is InChI=1S/C18H24NO6P/c1-3-19(4-2)26(15-7-5-13(24-15)17-20-9-10-21-17)16-8-6-14(25-16)18-22-11-12-23-18/h5-8,17-18H,3-4,9-12H2,1-2H3. The third-order valence-electron chi connectivity index (χ3n) is 4.36. The van der Waals surface area contributed by atoms with E-state index < -0.39 is 20.7 Å². The van der Waals surface area contributed by atoms with E-state index in [0.29, 0.717) is 37.9 Å². The van der Waals surface area contributed by atoms with Gasteiger partial charge in [-0.3, -0.25) is 4.67 Å². The van der Waals surface area contributed by atoms with Crippen molar-refractivity contribution in [2.75, 3.05) is 39.5 Å². The van der Waals surface area contributed by atoms with Crippen molar-refractivity contribution in [3.63, 3.8) is 0 Å². The number of hydrogen-bond acceptors (Lipinski definition) is 7. The first-order chi connectivity index (χ1) is 12.8. The first-order valence-corrected chi connectivity index (χ1v) is 10.3. The maximum atomic E-state index is 6.12. The third-order valence-corrected chi connectivity index (χ3v) is 6.81. The van der Waals surface area contributed by atoms with E-state index in [9.17, 15) is 0 Å². The van der Waals surface area contributed by atoms with E-state index >= 15 is 0 Å². The first kappa shape index (κ1) is 18.2. The van der Waals surface area contributed by atoms with Crippen LogP contribution < -0.4 is 11.0 Å². The van der Waals surface area contributed by atoms with Crippen LogP contribution in [0.1, 0.15) is 37.9 Å². The summed E-state index contributed by atoms with van der Waals surface area (Å²) in [7, 11) is -0.924. The number of furan rings is 2. The van der Waals surface area contributed by atoms with Gasteiger partial charge in [-0.05, 0) is 24.3 Å². The fraction of sp³-hybridized carbons (Fsp3) is 0.556. The Kier molecular flexibility index (Phi) is 5.74. The Hall–Kier alpha value is -1.21. The van der Waals surface area contributed by atoms with E-state index in [1.807, 2.05) is 24.3 Å². The van der Waals surface area contributed by atoms with Gasteiger partial charge in [0.25, 0.3) is 0 Å². The zero-order chi connectivity index (χ0) is 17.9. The Morgan fingerprint density at radius 3 is 1.58 bits per heavy atom. The molecule has 8 heteroatoms. The molecule has 0 atom stereocenters. The average Bonchev–Trinajstić information content (AvgIpc) is 3.46. The average molecular weight is 381 g/mol.